The molecule has 6 heteroatoms. The lowest BCUT2D eigenvalue weighted by Crippen LogP contribution is -2.32. The van der Waals surface area contributed by atoms with Crippen LogP contribution in [0.1, 0.15) is 31.4 Å². The van der Waals surface area contributed by atoms with E-state index in [0.29, 0.717) is 24.6 Å². The highest BCUT2D eigenvalue weighted by Crippen LogP contribution is 2.38. The van der Waals surface area contributed by atoms with Gasteiger partial charge in [0, 0.05) is 31.7 Å². The van der Waals surface area contributed by atoms with E-state index < -0.39 is 17.7 Å². The van der Waals surface area contributed by atoms with Crippen LogP contribution in [0.4, 0.5) is 0 Å². The van der Waals surface area contributed by atoms with E-state index in [1.54, 1.807) is 38.3 Å². The number of benzene rings is 1. The molecule has 1 aromatic carbocycles. The Morgan fingerprint density at radius 1 is 1.35 bits per heavy atom. The second-order valence-electron chi connectivity index (χ2n) is 5.34. The molecule has 0 saturated heterocycles. The maximum absolute atomic E-state index is 12.4. The molecule has 1 heterocycles. The van der Waals surface area contributed by atoms with Crippen LogP contribution in [-0.2, 0) is 14.3 Å². The summed E-state index contributed by atoms with van der Waals surface area (Å²) in [6.45, 7) is 2.60. The van der Waals surface area contributed by atoms with E-state index in [-0.39, 0.29) is 17.8 Å². The minimum absolute atomic E-state index is 0.164. The van der Waals surface area contributed by atoms with Crippen molar-refractivity contribution in [3.8, 4) is 0 Å². The van der Waals surface area contributed by atoms with Crippen molar-refractivity contribution in [3.05, 3.63) is 46.2 Å². The zero-order chi connectivity index (χ0) is 17.0. The number of amides is 1. The average molecular weight is 338 g/mol. The van der Waals surface area contributed by atoms with Gasteiger partial charge in [0.25, 0.3) is 5.91 Å². The number of hydrogen-bond donors (Lipinski definition) is 1. The van der Waals surface area contributed by atoms with Crippen molar-refractivity contribution in [1.82, 2.24) is 4.90 Å². The summed E-state index contributed by atoms with van der Waals surface area (Å²) in [6, 6.07) is 6.37. The predicted molar refractivity (Wildman–Crippen MR) is 87.4 cm³/mol. The Balaban J connectivity index is 2.41. The molecule has 1 aliphatic rings. The zero-order valence-electron chi connectivity index (χ0n) is 13.2. The van der Waals surface area contributed by atoms with Crippen LogP contribution < -0.4 is 0 Å². The van der Waals surface area contributed by atoms with Crippen molar-refractivity contribution >= 4 is 23.3 Å². The third-order valence-corrected chi connectivity index (χ3v) is 4.11. The van der Waals surface area contributed by atoms with E-state index >= 15 is 0 Å². The number of carbonyl (C=O) groups is 2. The van der Waals surface area contributed by atoms with Gasteiger partial charge >= 0.3 is 0 Å². The van der Waals surface area contributed by atoms with Gasteiger partial charge < -0.3 is 14.7 Å². The molecule has 0 bridgehead atoms. The highest BCUT2D eigenvalue weighted by molar-refractivity contribution is 6.30. The lowest BCUT2D eigenvalue weighted by Gasteiger charge is -2.26. The van der Waals surface area contributed by atoms with Crippen LogP contribution in [0.3, 0.4) is 0 Å². The van der Waals surface area contributed by atoms with Crippen molar-refractivity contribution in [2.45, 2.75) is 25.8 Å². The molecular formula is C17H20ClNO4. The molecule has 0 spiro atoms. The van der Waals surface area contributed by atoms with Gasteiger partial charge in [-0.1, -0.05) is 30.7 Å². The SMILES string of the molecule is CCC(=O)C1=C(O)C(=O)N(CCCOC)C1c1ccc(Cl)cc1. The second-order valence-corrected chi connectivity index (χ2v) is 5.77. The molecule has 1 unspecified atom stereocenters. The van der Waals surface area contributed by atoms with Crippen molar-refractivity contribution in [1.29, 1.82) is 0 Å². The van der Waals surface area contributed by atoms with Crippen LogP contribution in [0.5, 0.6) is 0 Å². The van der Waals surface area contributed by atoms with E-state index in [1.807, 2.05) is 0 Å². The van der Waals surface area contributed by atoms with Gasteiger partial charge in [-0.2, -0.15) is 0 Å². The molecule has 0 fully saturated rings. The maximum Gasteiger partial charge on any atom is 0.290 e. The van der Waals surface area contributed by atoms with E-state index in [0.717, 1.165) is 5.56 Å². The lowest BCUT2D eigenvalue weighted by atomic mass is 9.95. The van der Waals surface area contributed by atoms with Crippen LogP contribution in [0.15, 0.2) is 35.6 Å². The van der Waals surface area contributed by atoms with Gasteiger partial charge in [-0.15, -0.1) is 0 Å². The minimum atomic E-state index is -0.580. The number of aliphatic hydroxyl groups excluding tert-OH is 1. The first-order chi connectivity index (χ1) is 11.0. The Kier molecular flexibility index (Phi) is 5.80. The van der Waals surface area contributed by atoms with Crippen molar-refractivity contribution in [3.63, 3.8) is 0 Å². The molecule has 1 atom stereocenters. The summed E-state index contributed by atoms with van der Waals surface area (Å²) in [5.41, 5.74) is 0.915. The van der Waals surface area contributed by atoms with Gasteiger partial charge in [-0.3, -0.25) is 9.59 Å². The summed E-state index contributed by atoms with van der Waals surface area (Å²) in [7, 11) is 1.59. The van der Waals surface area contributed by atoms with Crippen molar-refractivity contribution < 1.29 is 19.4 Å². The lowest BCUT2D eigenvalue weighted by molar-refractivity contribution is -0.129. The number of methoxy groups -OCH3 is 1. The molecule has 0 aromatic heterocycles. The fourth-order valence-electron chi connectivity index (χ4n) is 2.73. The number of aliphatic hydroxyl groups is 1. The number of ether oxygens (including phenoxy) is 1. The first-order valence-electron chi connectivity index (χ1n) is 7.53. The van der Waals surface area contributed by atoms with Crippen LogP contribution >= 0.6 is 11.6 Å². The van der Waals surface area contributed by atoms with Gasteiger partial charge in [0.05, 0.1) is 11.6 Å². The monoisotopic (exact) mass is 337 g/mol. The van der Waals surface area contributed by atoms with Crippen LogP contribution in [0.25, 0.3) is 0 Å². The Hall–Kier alpha value is -1.85. The molecular weight excluding hydrogens is 318 g/mol. The molecule has 1 N–H and O–H groups in total. The maximum atomic E-state index is 12.4. The van der Waals surface area contributed by atoms with Gasteiger partial charge in [0.2, 0.25) is 0 Å². The van der Waals surface area contributed by atoms with Crippen LogP contribution in [0, 0.1) is 0 Å². The summed E-state index contributed by atoms with van der Waals surface area (Å²) >= 11 is 5.92. The quantitative estimate of drug-likeness (QED) is 0.776. The van der Waals surface area contributed by atoms with Crippen molar-refractivity contribution in [2.24, 2.45) is 0 Å². The molecule has 1 amide bonds. The Morgan fingerprint density at radius 3 is 2.57 bits per heavy atom. The summed E-state index contributed by atoms with van der Waals surface area (Å²) in [5.74, 6) is -1.20. The third-order valence-electron chi connectivity index (χ3n) is 3.86. The topological polar surface area (TPSA) is 66.8 Å². The zero-order valence-corrected chi connectivity index (χ0v) is 14.0. The first kappa shape index (κ1) is 17.5. The molecule has 1 aliphatic heterocycles. The summed E-state index contributed by atoms with van der Waals surface area (Å²) in [6.07, 6.45) is 0.843. The molecule has 124 valence electrons. The summed E-state index contributed by atoms with van der Waals surface area (Å²) in [4.78, 5) is 26.1. The van der Waals surface area contributed by atoms with Gasteiger partial charge in [-0.05, 0) is 24.1 Å². The van der Waals surface area contributed by atoms with Crippen LogP contribution in [0.2, 0.25) is 5.02 Å². The van der Waals surface area contributed by atoms with Gasteiger partial charge in [0.15, 0.2) is 11.5 Å². The number of Topliss-reactive ketones (excluding diaryl/α,β-unsaturated/α-hetero) is 1. The summed E-state index contributed by atoms with van der Waals surface area (Å²) in [5, 5.41) is 10.8. The number of ketones is 1. The molecule has 1 aromatic rings. The predicted octanol–water partition coefficient (Wildman–Crippen LogP) is 3.05. The number of carbonyl (C=O) groups excluding carboxylic acids is 2. The first-order valence-corrected chi connectivity index (χ1v) is 7.90. The molecule has 5 nitrogen and oxygen atoms in total. The van der Waals surface area contributed by atoms with Gasteiger partial charge in [-0.25, -0.2) is 0 Å². The third kappa shape index (κ3) is 3.57. The molecule has 2 rings (SSSR count). The van der Waals surface area contributed by atoms with E-state index in [4.69, 9.17) is 16.3 Å². The molecule has 23 heavy (non-hydrogen) atoms. The fourth-order valence-corrected chi connectivity index (χ4v) is 2.86. The van der Waals surface area contributed by atoms with E-state index in [9.17, 15) is 14.7 Å². The molecule has 0 saturated carbocycles. The van der Waals surface area contributed by atoms with Crippen LogP contribution in [-0.4, -0.2) is 42.0 Å². The van der Waals surface area contributed by atoms with Gasteiger partial charge in [0.1, 0.15) is 0 Å². The van der Waals surface area contributed by atoms with E-state index in [1.165, 1.54) is 4.90 Å². The fraction of sp³-hybridized carbons (Fsp3) is 0.412. The number of nitrogens with zero attached hydrogens (tertiary/aromatic N) is 1. The highest BCUT2D eigenvalue weighted by Gasteiger charge is 2.42. The smallest absolute Gasteiger partial charge is 0.290 e. The number of halogens is 1. The van der Waals surface area contributed by atoms with Crippen molar-refractivity contribution in [2.75, 3.05) is 20.3 Å². The molecule has 0 radical (unpaired) electrons. The second kappa shape index (κ2) is 7.62. The number of hydrogen-bond acceptors (Lipinski definition) is 4. The summed E-state index contributed by atoms with van der Waals surface area (Å²) < 4.78 is 5.02. The van der Waals surface area contributed by atoms with E-state index in [2.05, 4.69) is 0 Å². The Bertz CT molecular complexity index is 624. The highest BCUT2D eigenvalue weighted by atomic mass is 35.5. The normalized spacial score (nSPS) is 18.0. The molecule has 0 aliphatic carbocycles. The standard InChI is InChI=1S/C17H20ClNO4/c1-3-13(20)14-15(11-5-7-12(18)8-6-11)19(9-4-10-23-2)17(22)16(14)21/h5-8,15,21H,3-4,9-10H2,1-2H3. The number of rotatable bonds is 7. The minimum Gasteiger partial charge on any atom is -0.503 e. The Morgan fingerprint density at radius 2 is 2.00 bits per heavy atom. The average Bonchev–Trinajstić information content (AvgIpc) is 2.80. The Labute approximate surface area is 140 Å². The largest absolute Gasteiger partial charge is 0.503 e.